The summed E-state index contributed by atoms with van der Waals surface area (Å²) in [5.41, 5.74) is 0.998. The Morgan fingerprint density at radius 3 is 2.63 bits per heavy atom. The molecule has 2 amide bonds. The molecule has 0 bridgehead atoms. The van der Waals surface area contributed by atoms with Crippen molar-refractivity contribution in [1.29, 1.82) is 0 Å². The Morgan fingerprint density at radius 2 is 1.97 bits per heavy atom. The van der Waals surface area contributed by atoms with Gasteiger partial charge in [-0.3, -0.25) is 9.59 Å². The van der Waals surface area contributed by atoms with E-state index in [-0.39, 0.29) is 35.7 Å². The third kappa shape index (κ3) is 5.68. The molecule has 1 aliphatic rings. The molecule has 0 aliphatic carbocycles. The van der Waals surface area contributed by atoms with Crippen molar-refractivity contribution in [2.45, 2.75) is 24.7 Å². The van der Waals surface area contributed by atoms with Gasteiger partial charge in [-0.05, 0) is 49.3 Å². The summed E-state index contributed by atoms with van der Waals surface area (Å²) in [7, 11) is -1.95. The second kappa shape index (κ2) is 9.72. The number of thiophene rings is 1. The molecule has 1 atom stereocenters. The first-order valence-corrected chi connectivity index (χ1v) is 12.3. The number of rotatable bonds is 7. The van der Waals surface area contributed by atoms with Gasteiger partial charge in [0.15, 0.2) is 0 Å². The van der Waals surface area contributed by atoms with Gasteiger partial charge >= 0.3 is 0 Å². The van der Waals surface area contributed by atoms with Gasteiger partial charge in [0.2, 0.25) is 15.9 Å². The van der Waals surface area contributed by atoms with E-state index in [1.54, 1.807) is 48.3 Å². The number of likely N-dealkylation sites (N-methyl/N-ethyl adjacent to an activating group) is 1. The number of nitrogens with one attached hydrogen (secondary N) is 1. The Labute approximate surface area is 181 Å². The van der Waals surface area contributed by atoms with Crippen LogP contribution in [0.3, 0.4) is 0 Å². The molecule has 1 aromatic carbocycles. The average Bonchev–Trinajstić information content (AvgIpc) is 3.27. The van der Waals surface area contributed by atoms with Crippen molar-refractivity contribution in [1.82, 2.24) is 14.5 Å². The topological polar surface area (TPSA) is 86.8 Å². The van der Waals surface area contributed by atoms with Crippen molar-refractivity contribution in [3.8, 4) is 0 Å². The number of carbonyl (C=O) groups is 2. The maximum Gasteiger partial charge on any atom is 0.264 e. The number of sulfonamides is 1. The van der Waals surface area contributed by atoms with Crippen molar-refractivity contribution >= 4 is 33.2 Å². The Kier molecular flexibility index (Phi) is 7.27. The highest BCUT2D eigenvalue weighted by Gasteiger charge is 2.27. The van der Waals surface area contributed by atoms with E-state index in [9.17, 15) is 18.0 Å². The molecule has 3 rings (SSSR count). The molecule has 1 unspecified atom stereocenters. The quantitative estimate of drug-likeness (QED) is 0.703. The smallest absolute Gasteiger partial charge is 0.264 e. The predicted octanol–water partition coefficient (Wildman–Crippen LogP) is 2.35. The summed E-state index contributed by atoms with van der Waals surface area (Å²) in [6.45, 7) is 3.31. The van der Waals surface area contributed by atoms with Crippen LogP contribution >= 0.6 is 11.3 Å². The summed E-state index contributed by atoms with van der Waals surface area (Å²) in [6.07, 6.45) is 1.66. The van der Waals surface area contributed by atoms with Crippen LogP contribution in [0.4, 0.5) is 0 Å². The van der Waals surface area contributed by atoms with Crippen molar-refractivity contribution in [2.24, 2.45) is 5.92 Å². The Hall–Kier alpha value is -2.23. The van der Waals surface area contributed by atoms with E-state index >= 15 is 0 Å². The highest BCUT2D eigenvalue weighted by atomic mass is 32.2. The van der Waals surface area contributed by atoms with Gasteiger partial charge < -0.3 is 9.80 Å². The average molecular weight is 450 g/mol. The van der Waals surface area contributed by atoms with Crippen LogP contribution in [0.25, 0.3) is 0 Å². The summed E-state index contributed by atoms with van der Waals surface area (Å²) in [5, 5.41) is 1.83. The van der Waals surface area contributed by atoms with Crippen LogP contribution in [0.1, 0.15) is 28.1 Å². The Bertz CT molecular complexity index is 972. The number of benzene rings is 1. The largest absolute Gasteiger partial charge is 0.341 e. The molecule has 7 nitrogen and oxygen atoms in total. The zero-order valence-corrected chi connectivity index (χ0v) is 18.8. The number of hydrogen-bond donors (Lipinski definition) is 1. The molecule has 1 aromatic heterocycles. The van der Waals surface area contributed by atoms with Gasteiger partial charge in [0.1, 0.15) is 0 Å². The molecule has 1 N–H and O–H groups in total. The summed E-state index contributed by atoms with van der Waals surface area (Å²) < 4.78 is 27.7. The minimum absolute atomic E-state index is 0.0124. The SMILES string of the molecule is Cc1ccc(S(=O)(=O)NCC2CCCN(C(=O)CN(C)C(=O)c3cccs3)C2)cc1. The molecule has 9 heteroatoms. The first-order chi connectivity index (χ1) is 14.3. The molecule has 0 saturated carbocycles. The summed E-state index contributed by atoms with van der Waals surface area (Å²) >= 11 is 1.35. The van der Waals surface area contributed by atoms with Crippen LogP contribution in [0.5, 0.6) is 0 Å². The number of likely N-dealkylation sites (tertiary alicyclic amines) is 1. The van der Waals surface area contributed by atoms with Gasteiger partial charge in [-0.1, -0.05) is 23.8 Å². The molecule has 2 aromatic rings. The normalized spacial score (nSPS) is 17.0. The van der Waals surface area contributed by atoms with Gasteiger partial charge in [-0.25, -0.2) is 13.1 Å². The van der Waals surface area contributed by atoms with E-state index in [0.717, 1.165) is 18.4 Å². The van der Waals surface area contributed by atoms with E-state index in [2.05, 4.69) is 4.72 Å². The zero-order chi connectivity index (χ0) is 21.7. The number of nitrogens with zero attached hydrogens (tertiary/aromatic N) is 2. The van der Waals surface area contributed by atoms with Crippen LogP contribution in [0.2, 0.25) is 0 Å². The molecule has 30 heavy (non-hydrogen) atoms. The number of piperidine rings is 1. The monoisotopic (exact) mass is 449 g/mol. The van der Waals surface area contributed by atoms with Crippen molar-refractivity contribution in [3.05, 3.63) is 52.2 Å². The standard InChI is InChI=1S/C21H27N3O4S2/c1-16-7-9-18(10-8-16)30(27,28)22-13-17-5-3-11-24(14-17)20(25)15-23(2)21(26)19-6-4-12-29-19/h4,6-10,12,17,22H,3,5,11,13-15H2,1-2H3. The van der Waals surface area contributed by atoms with Crippen LogP contribution in [-0.4, -0.2) is 63.3 Å². The summed E-state index contributed by atoms with van der Waals surface area (Å²) in [5.74, 6) is -0.243. The second-order valence-corrected chi connectivity index (χ2v) is 10.4. The first kappa shape index (κ1) is 22.5. The zero-order valence-electron chi connectivity index (χ0n) is 17.2. The fourth-order valence-electron chi connectivity index (χ4n) is 3.45. The lowest BCUT2D eigenvalue weighted by Gasteiger charge is -2.33. The molecule has 0 spiro atoms. The Balaban J connectivity index is 1.52. The molecular formula is C21H27N3O4S2. The van der Waals surface area contributed by atoms with Gasteiger partial charge in [-0.2, -0.15) is 0 Å². The third-order valence-electron chi connectivity index (χ3n) is 5.22. The highest BCUT2D eigenvalue weighted by Crippen LogP contribution is 2.18. The number of amides is 2. The van der Waals surface area contributed by atoms with Crippen molar-refractivity contribution in [3.63, 3.8) is 0 Å². The van der Waals surface area contributed by atoms with Gasteiger partial charge in [0, 0.05) is 26.7 Å². The second-order valence-electron chi connectivity index (χ2n) is 7.65. The van der Waals surface area contributed by atoms with E-state index in [4.69, 9.17) is 0 Å². The van der Waals surface area contributed by atoms with Crippen LogP contribution in [0.15, 0.2) is 46.7 Å². The third-order valence-corrected chi connectivity index (χ3v) is 7.51. The molecule has 2 heterocycles. The number of aryl methyl sites for hydroxylation is 1. The number of hydrogen-bond acceptors (Lipinski definition) is 5. The first-order valence-electron chi connectivity index (χ1n) is 9.89. The van der Waals surface area contributed by atoms with Crippen LogP contribution < -0.4 is 4.72 Å². The van der Waals surface area contributed by atoms with Crippen LogP contribution in [0, 0.1) is 12.8 Å². The minimum Gasteiger partial charge on any atom is -0.341 e. The maximum absolute atomic E-state index is 12.7. The fraction of sp³-hybridized carbons (Fsp3) is 0.429. The van der Waals surface area contributed by atoms with Crippen molar-refractivity contribution in [2.75, 3.05) is 33.2 Å². The maximum atomic E-state index is 12.7. The molecule has 1 fully saturated rings. The van der Waals surface area contributed by atoms with Gasteiger partial charge in [0.05, 0.1) is 16.3 Å². The van der Waals surface area contributed by atoms with Gasteiger partial charge in [-0.15, -0.1) is 11.3 Å². The molecular weight excluding hydrogens is 422 g/mol. The summed E-state index contributed by atoms with van der Waals surface area (Å²) in [6, 6.07) is 10.3. The molecule has 1 aliphatic heterocycles. The van der Waals surface area contributed by atoms with Crippen molar-refractivity contribution < 1.29 is 18.0 Å². The van der Waals surface area contributed by atoms with E-state index in [0.29, 0.717) is 18.0 Å². The predicted molar refractivity (Wildman–Crippen MR) is 117 cm³/mol. The fourth-order valence-corrected chi connectivity index (χ4v) is 5.28. The van der Waals surface area contributed by atoms with Gasteiger partial charge in [0.25, 0.3) is 5.91 Å². The Morgan fingerprint density at radius 1 is 1.23 bits per heavy atom. The van der Waals surface area contributed by atoms with Crippen LogP contribution in [-0.2, 0) is 14.8 Å². The summed E-state index contributed by atoms with van der Waals surface area (Å²) in [4.78, 5) is 29.0. The van der Waals surface area contributed by atoms with E-state index in [1.165, 1.54) is 16.2 Å². The lowest BCUT2D eigenvalue weighted by atomic mass is 9.98. The molecule has 1 saturated heterocycles. The van der Waals surface area contributed by atoms with E-state index < -0.39 is 10.0 Å². The lowest BCUT2D eigenvalue weighted by molar-refractivity contribution is -0.133. The number of carbonyl (C=O) groups excluding carboxylic acids is 2. The highest BCUT2D eigenvalue weighted by molar-refractivity contribution is 7.89. The minimum atomic E-state index is -3.57. The molecule has 162 valence electrons. The van der Waals surface area contributed by atoms with E-state index in [1.807, 2.05) is 12.3 Å². The molecule has 0 radical (unpaired) electrons. The lowest BCUT2D eigenvalue weighted by Crippen LogP contribution is -2.47.